The molecule has 0 aliphatic rings. The van der Waals surface area contributed by atoms with E-state index in [2.05, 4.69) is 43.1 Å². The first-order valence-electron chi connectivity index (χ1n) is 7.21. The second-order valence-electron chi connectivity index (χ2n) is 5.03. The quantitative estimate of drug-likeness (QED) is 0.632. The average Bonchev–Trinajstić information content (AvgIpc) is 3.14. The van der Waals surface area contributed by atoms with Crippen molar-refractivity contribution in [2.24, 2.45) is 0 Å². The van der Waals surface area contributed by atoms with Crippen molar-refractivity contribution in [3.05, 3.63) is 39.3 Å². The van der Waals surface area contributed by atoms with Gasteiger partial charge in [-0.25, -0.2) is 15.0 Å². The minimum Gasteiger partial charge on any atom is -0.393 e. The zero-order valence-corrected chi connectivity index (χ0v) is 14.6. The van der Waals surface area contributed by atoms with Gasteiger partial charge in [0.05, 0.1) is 5.69 Å². The Kier molecular flexibility index (Phi) is 4.73. The maximum Gasteiger partial charge on any atom is 0.188 e. The number of aryl methyl sites for hydroxylation is 2. The first kappa shape index (κ1) is 15.7. The summed E-state index contributed by atoms with van der Waals surface area (Å²) in [7, 11) is 0. The molecule has 6 nitrogen and oxygen atoms in total. The van der Waals surface area contributed by atoms with Gasteiger partial charge in [-0.2, -0.15) is 0 Å². The molecule has 0 aromatic carbocycles. The number of nitrogens with two attached hydrogens (primary N) is 1. The highest BCUT2D eigenvalue weighted by Gasteiger charge is 2.10. The maximum atomic E-state index is 6.16. The van der Waals surface area contributed by atoms with Crippen LogP contribution in [0.15, 0.2) is 23.8 Å². The molecule has 0 spiro atoms. The van der Waals surface area contributed by atoms with E-state index in [0.717, 1.165) is 23.8 Å². The Morgan fingerprint density at radius 2 is 2.04 bits per heavy atom. The van der Waals surface area contributed by atoms with Crippen LogP contribution in [-0.2, 0) is 6.42 Å². The molecule has 0 radical (unpaired) electrons. The molecule has 0 atom stereocenters. The number of aromatic nitrogens is 3. The van der Waals surface area contributed by atoms with Crippen molar-refractivity contribution in [3.8, 4) is 0 Å². The molecule has 0 aliphatic heterocycles. The Morgan fingerprint density at radius 3 is 2.74 bits per heavy atom. The number of nitrogens with zero attached hydrogens (tertiary/aromatic N) is 3. The Labute approximate surface area is 142 Å². The topological polar surface area (TPSA) is 88.8 Å². The molecule has 3 aromatic rings. The summed E-state index contributed by atoms with van der Waals surface area (Å²) in [5.74, 6) is 1.22. The summed E-state index contributed by atoms with van der Waals surface area (Å²) < 4.78 is 0. The van der Waals surface area contributed by atoms with Crippen LogP contribution in [0.4, 0.5) is 22.5 Å². The van der Waals surface area contributed by atoms with E-state index in [1.807, 2.05) is 13.8 Å². The maximum absolute atomic E-state index is 6.16. The molecule has 0 unspecified atom stereocenters. The first-order valence-corrected chi connectivity index (χ1v) is 8.91. The molecule has 0 bridgehead atoms. The third kappa shape index (κ3) is 3.77. The van der Waals surface area contributed by atoms with Gasteiger partial charge in [0.2, 0.25) is 0 Å². The number of thiophene rings is 1. The Hall–Kier alpha value is -2.19. The molecular weight excluding hydrogens is 328 g/mol. The molecule has 0 fully saturated rings. The lowest BCUT2D eigenvalue weighted by atomic mass is 10.3. The van der Waals surface area contributed by atoms with Gasteiger partial charge in [0, 0.05) is 16.3 Å². The molecule has 0 saturated heterocycles. The van der Waals surface area contributed by atoms with E-state index in [0.29, 0.717) is 17.3 Å². The highest BCUT2D eigenvalue weighted by Crippen LogP contribution is 2.29. The third-order valence-corrected chi connectivity index (χ3v) is 5.31. The largest absolute Gasteiger partial charge is 0.393 e. The van der Waals surface area contributed by atoms with Crippen LogP contribution in [0.25, 0.3) is 0 Å². The molecule has 4 N–H and O–H groups in total. The first-order chi connectivity index (χ1) is 11.1. The fourth-order valence-corrected chi connectivity index (χ4v) is 3.55. The fraction of sp³-hybridized carbons (Fsp3) is 0.267. The van der Waals surface area contributed by atoms with Gasteiger partial charge < -0.3 is 16.4 Å². The minimum absolute atomic E-state index is 0.504. The van der Waals surface area contributed by atoms with Crippen LogP contribution in [0.2, 0.25) is 0 Å². The summed E-state index contributed by atoms with van der Waals surface area (Å²) in [5, 5.41) is 9.30. The van der Waals surface area contributed by atoms with Gasteiger partial charge in [0.15, 0.2) is 16.8 Å². The number of anilines is 4. The normalized spacial score (nSPS) is 10.7. The third-order valence-electron chi connectivity index (χ3n) is 3.38. The SMILES string of the molecule is Cc1nc(Nc2ncnc(NCCc3cccs3)c2N)sc1C. The van der Waals surface area contributed by atoms with Crippen molar-refractivity contribution < 1.29 is 0 Å². The average molecular weight is 346 g/mol. The summed E-state index contributed by atoms with van der Waals surface area (Å²) in [5.41, 5.74) is 7.68. The molecule has 0 saturated carbocycles. The Balaban J connectivity index is 1.67. The lowest BCUT2D eigenvalue weighted by Crippen LogP contribution is -2.10. The van der Waals surface area contributed by atoms with Crippen LogP contribution < -0.4 is 16.4 Å². The summed E-state index contributed by atoms with van der Waals surface area (Å²) >= 11 is 3.33. The van der Waals surface area contributed by atoms with Crippen molar-refractivity contribution in [2.75, 3.05) is 22.9 Å². The molecule has 3 rings (SSSR count). The van der Waals surface area contributed by atoms with Crippen LogP contribution in [0.1, 0.15) is 15.4 Å². The van der Waals surface area contributed by atoms with Crippen LogP contribution in [0.5, 0.6) is 0 Å². The Morgan fingerprint density at radius 1 is 1.22 bits per heavy atom. The molecular formula is C15H18N6S2. The fourth-order valence-electron chi connectivity index (χ4n) is 2.02. The minimum atomic E-state index is 0.504. The predicted molar refractivity (Wildman–Crippen MR) is 97.8 cm³/mol. The molecule has 8 heteroatoms. The van der Waals surface area contributed by atoms with Crippen molar-refractivity contribution >= 4 is 45.1 Å². The number of hydrogen-bond acceptors (Lipinski definition) is 8. The molecule has 3 heterocycles. The summed E-state index contributed by atoms with van der Waals surface area (Å²) in [6.45, 7) is 4.80. The molecule has 3 aromatic heterocycles. The van der Waals surface area contributed by atoms with Gasteiger partial charge in [0.1, 0.15) is 12.0 Å². The second-order valence-corrected chi connectivity index (χ2v) is 7.26. The molecule has 0 amide bonds. The van der Waals surface area contributed by atoms with E-state index in [1.165, 1.54) is 16.1 Å². The zero-order chi connectivity index (χ0) is 16.2. The van der Waals surface area contributed by atoms with Crippen molar-refractivity contribution in [1.29, 1.82) is 0 Å². The van der Waals surface area contributed by atoms with E-state index in [9.17, 15) is 0 Å². The Bertz CT molecular complexity index is 762. The van der Waals surface area contributed by atoms with Gasteiger partial charge in [0.25, 0.3) is 0 Å². The zero-order valence-electron chi connectivity index (χ0n) is 13.0. The monoisotopic (exact) mass is 346 g/mol. The van der Waals surface area contributed by atoms with E-state index in [4.69, 9.17) is 5.73 Å². The van der Waals surface area contributed by atoms with Crippen LogP contribution in [0.3, 0.4) is 0 Å². The molecule has 120 valence electrons. The molecule has 0 aliphatic carbocycles. The van der Waals surface area contributed by atoms with E-state index in [-0.39, 0.29) is 0 Å². The predicted octanol–water partition coefficient (Wildman–Crippen LogP) is 3.59. The van der Waals surface area contributed by atoms with Crippen molar-refractivity contribution in [2.45, 2.75) is 20.3 Å². The van der Waals surface area contributed by atoms with Gasteiger partial charge in [-0.15, -0.1) is 22.7 Å². The van der Waals surface area contributed by atoms with Crippen LogP contribution >= 0.6 is 22.7 Å². The summed E-state index contributed by atoms with van der Waals surface area (Å²) in [4.78, 5) is 15.4. The van der Waals surface area contributed by atoms with Crippen LogP contribution in [-0.4, -0.2) is 21.5 Å². The number of thiazole rings is 1. The lowest BCUT2D eigenvalue weighted by molar-refractivity contribution is 1.02. The standard InChI is InChI=1S/C15H18N6S2/c1-9-10(2)23-15(20-9)21-14-12(16)13(18-8-19-14)17-6-5-11-4-3-7-22-11/h3-4,7-8H,5-6,16H2,1-2H3,(H2,17,18,19,20,21). The van der Waals surface area contributed by atoms with Gasteiger partial charge in [-0.3, -0.25) is 0 Å². The van der Waals surface area contributed by atoms with E-state index >= 15 is 0 Å². The van der Waals surface area contributed by atoms with E-state index in [1.54, 1.807) is 22.7 Å². The number of nitrogen functional groups attached to an aromatic ring is 1. The van der Waals surface area contributed by atoms with Gasteiger partial charge in [-0.05, 0) is 31.7 Å². The van der Waals surface area contributed by atoms with E-state index < -0.39 is 0 Å². The van der Waals surface area contributed by atoms with Gasteiger partial charge in [-0.1, -0.05) is 6.07 Å². The summed E-state index contributed by atoms with van der Waals surface area (Å²) in [6.07, 6.45) is 2.44. The van der Waals surface area contributed by atoms with Crippen molar-refractivity contribution in [1.82, 2.24) is 15.0 Å². The van der Waals surface area contributed by atoms with Gasteiger partial charge >= 0.3 is 0 Å². The highest BCUT2D eigenvalue weighted by atomic mass is 32.1. The smallest absolute Gasteiger partial charge is 0.188 e. The number of rotatable bonds is 6. The lowest BCUT2D eigenvalue weighted by Gasteiger charge is -2.11. The molecule has 23 heavy (non-hydrogen) atoms. The number of hydrogen-bond donors (Lipinski definition) is 3. The summed E-state index contributed by atoms with van der Waals surface area (Å²) in [6, 6.07) is 4.18. The van der Waals surface area contributed by atoms with Crippen LogP contribution in [0, 0.1) is 13.8 Å². The second kappa shape index (κ2) is 6.93. The van der Waals surface area contributed by atoms with Crippen molar-refractivity contribution in [3.63, 3.8) is 0 Å². The highest BCUT2D eigenvalue weighted by molar-refractivity contribution is 7.15. The number of nitrogens with one attached hydrogen (secondary N) is 2.